The largest absolute Gasteiger partial charge is 0.321 e. The Labute approximate surface area is 140 Å². The first kappa shape index (κ1) is 15.3. The van der Waals surface area contributed by atoms with Gasteiger partial charge in [-0.1, -0.05) is 48.0 Å². The highest BCUT2D eigenvalue weighted by molar-refractivity contribution is 6.30. The molecule has 1 aromatic heterocycles. The molecule has 0 unspecified atom stereocenters. The van der Waals surface area contributed by atoms with Crippen molar-refractivity contribution in [3.63, 3.8) is 0 Å². The molecule has 3 nitrogen and oxygen atoms in total. The van der Waals surface area contributed by atoms with Gasteiger partial charge in [-0.2, -0.15) is 4.57 Å². The summed E-state index contributed by atoms with van der Waals surface area (Å²) in [6.45, 7) is 0.243. The number of benzene rings is 2. The molecule has 1 heterocycles. The Bertz CT molecular complexity index is 818. The Hall–Kier alpha value is -2.65. The summed E-state index contributed by atoms with van der Waals surface area (Å²) in [6, 6.07) is 21.2. The van der Waals surface area contributed by atoms with Crippen LogP contribution >= 0.6 is 11.6 Å². The van der Waals surface area contributed by atoms with E-state index in [9.17, 15) is 4.79 Å². The van der Waals surface area contributed by atoms with E-state index < -0.39 is 0 Å². The molecule has 0 radical (unpaired) electrons. The maximum Gasteiger partial charge on any atom is 0.290 e. The van der Waals surface area contributed by atoms with Crippen molar-refractivity contribution in [2.45, 2.75) is 6.54 Å². The minimum absolute atomic E-state index is 0.0949. The maximum atomic E-state index is 12.2. The topological polar surface area (TPSA) is 33.0 Å². The molecule has 4 heteroatoms. The number of carbonyl (C=O) groups excluding carboxylic acids is 1. The molecule has 0 saturated carbocycles. The predicted molar refractivity (Wildman–Crippen MR) is 92.2 cm³/mol. The third kappa shape index (κ3) is 4.18. The van der Waals surface area contributed by atoms with Gasteiger partial charge in [-0.05, 0) is 29.8 Å². The number of rotatable bonds is 4. The fraction of sp³-hybridized carbons (Fsp3) is 0.0526. The van der Waals surface area contributed by atoms with E-state index in [2.05, 4.69) is 5.32 Å². The molecule has 23 heavy (non-hydrogen) atoms. The molecular formula is C19H16ClN2O+. The van der Waals surface area contributed by atoms with Gasteiger partial charge >= 0.3 is 0 Å². The van der Waals surface area contributed by atoms with Crippen LogP contribution in [0.1, 0.15) is 0 Å². The van der Waals surface area contributed by atoms with Crippen LogP contribution in [0.2, 0.25) is 5.02 Å². The van der Waals surface area contributed by atoms with E-state index in [1.165, 1.54) is 0 Å². The first-order chi connectivity index (χ1) is 11.2. The molecule has 0 bridgehead atoms. The summed E-state index contributed by atoms with van der Waals surface area (Å²) in [7, 11) is 0. The molecule has 1 amide bonds. The molecule has 0 fully saturated rings. The van der Waals surface area contributed by atoms with Gasteiger partial charge in [-0.3, -0.25) is 4.79 Å². The number of carbonyl (C=O) groups is 1. The average Bonchev–Trinajstić information content (AvgIpc) is 2.56. The molecular weight excluding hydrogens is 308 g/mol. The van der Waals surface area contributed by atoms with Crippen LogP contribution in [0.5, 0.6) is 0 Å². The van der Waals surface area contributed by atoms with Crippen molar-refractivity contribution in [2.75, 3.05) is 5.32 Å². The van der Waals surface area contributed by atoms with Crippen LogP contribution in [-0.2, 0) is 11.3 Å². The minimum Gasteiger partial charge on any atom is -0.321 e. The molecule has 0 spiro atoms. The Morgan fingerprint density at radius 1 is 0.957 bits per heavy atom. The SMILES string of the molecule is O=C(C[n+]1cccc(-c2ccccc2)c1)Nc1cccc(Cl)c1. The highest BCUT2D eigenvalue weighted by Crippen LogP contribution is 2.16. The Morgan fingerprint density at radius 3 is 2.52 bits per heavy atom. The highest BCUT2D eigenvalue weighted by Gasteiger charge is 2.11. The van der Waals surface area contributed by atoms with Gasteiger partial charge in [0.15, 0.2) is 12.4 Å². The standard InChI is InChI=1S/C19H15ClN2O/c20-17-9-4-10-18(12-17)21-19(23)14-22-11-5-8-16(13-22)15-6-2-1-3-7-15/h1-13H,14H2/p+1. The second-order valence-corrected chi connectivity index (χ2v) is 5.63. The fourth-order valence-corrected chi connectivity index (χ4v) is 2.54. The van der Waals surface area contributed by atoms with E-state index in [0.29, 0.717) is 10.7 Å². The van der Waals surface area contributed by atoms with Crippen molar-refractivity contribution in [1.29, 1.82) is 0 Å². The number of nitrogens with zero attached hydrogens (tertiary/aromatic N) is 1. The second kappa shape index (κ2) is 7.07. The van der Waals surface area contributed by atoms with Crippen LogP contribution < -0.4 is 9.88 Å². The van der Waals surface area contributed by atoms with Crippen LogP contribution in [0.4, 0.5) is 5.69 Å². The number of hydrogen-bond acceptors (Lipinski definition) is 1. The highest BCUT2D eigenvalue weighted by atomic mass is 35.5. The lowest BCUT2D eigenvalue weighted by Gasteiger charge is -2.04. The molecule has 2 aromatic carbocycles. The molecule has 0 saturated heterocycles. The third-order valence-corrected chi connectivity index (χ3v) is 3.64. The minimum atomic E-state index is -0.0949. The Kier molecular flexibility index (Phi) is 4.69. The molecule has 1 N–H and O–H groups in total. The van der Waals surface area contributed by atoms with E-state index in [-0.39, 0.29) is 12.5 Å². The summed E-state index contributed by atoms with van der Waals surface area (Å²) in [5.41, 5.74) is 2.89. The molecule has 0 atom stereocenters. The normalized spacial score (nSPS) is 10.3. The van der Waals surface area contributed by atoms with Crippen molar-refractivity contribution in [2.24, 2.45) is 0 Å². The Morgan fingerprint density at radius 2 is 1.74 bits per heavy atom. The number of halogens is 1. The second-order valence-electron chi connectivity index (χ2n) is 5.19. The van der Waals surface area contributed by atoms with Crippen molar-refractivity contribution < 1.29 is 9.36 Å². The average molecular weight is 324 g/mol. The van der Waals surface area contributed by atoms with Gasteiger partial charge in [0.25, 0.3) is 5.91 Å². The van der Waals surface area contributed by atoms with Crippen LogP contribution in [0.25, 0.3) is 11.1 Å². The zero-order valence-corrected chi connectivity index (χ0v) is 13.2. The number of amides is 1. The van der Waals surface area contributed by atoms with E-state index in [0.717, 1.165) is 11.1 Å². The van der Waals surface area contributed by atoms with Crippen molar-refractivity contribution in [3.8, 4) is 11.1 Å². The Balaban J connectivity index is 1.72. The lowest BCUT2D eigenvalue weighted by atomic mass is 10.1. The van der Waals surface area contributed by atoms with Gasteiger partial charge < -0.3 is 5.32 Å². The first-order valence-corrected chi connectivity index (χ1v) is 7.68. The summed E-state index contributed by atoms with van der Waals surface area (Å²) >= 11 is 5.92. The molecule has 0 aliphatic heterocycles. The van der Waals surface area contributed by atoms with E-state index in [1.807, 2.05) is 65.5 Å². The summed E-state index contributed by atoms with van der Waals surface area (Å²) in [4.78, 5) is 12.2. The number of aromatic nitrogens is 1. The molecule has 3 rings (SSSR count). The summed E-state index contributed by atoms with van der Waals surface area (Å²) in [5.74, 6) is -0.0949. The summed E-state index contributed by atoms with van der Waals surface area (Å²) < 4.78 is 1.86. The lowest BCUT2D eigenvalue weighted by molar-refractivity contribution is -0.683. The lowest BCUT2D eigenvalue weighted by Crippen LogP contribution is -2.39. The van der Waals surface area contributed by atoms with Gasteiger partial charge in [0.2, 0.25) is 6.54 Å². The van der Waals surface area contributed by atoms with Gasteiger partial charge in [0, 0.05) is 22.3 Å². The smallest absolute Gasteiger partial charge is 0.290 e. The van der Waals surface area contributed by atoms with Crippen molar-refractivity contribution in [1.82, 2.24) is 0 Å². The van der Waals surface area contributed by atoms with Gasteiger partial charge in [0.05, 0.1) is 0 Å². The fourth-order valence-electron chi connectivity index (χ4n) is 2.35. The van der Waals surface area contributed by atoms with Gasteiger partial charge in [0.1, 0.15) is 0 Å². The van der Waals surface area contributed by atoms with Gasteiger partial charge in [-0.25, -0.2) is 0 Å². The van der Waals surface area contributed by atoms with Crippen molar-refractivity contribution >= 4 is 23.2 Å². The first-order valence-electron chi connectivity index (χ1n) is 7.31. The molecule has 0 aliphatic carbocycles. The van der Waals surface area contributed by atoms with Gasteiger partial charge in [-0.15, -0.1) is 0 Å². The number of pyridine rings is 1. The zero-order chi connectivity index (χ0) is 16.1. The summed E-state index contributed by atoms with van der Waals surface area (Å²) in [6.07, 6.45) is 3.84. The number of nitrogens with one attached hydrogen (secondary N) is 1. The molecule has 0 aliphatic rings. The molecule has 3 aromatic rings. The zero-order valence-electron chi connectivity index (χ0n) is 12.4. The van der Waals surface area contributed by atoms with Crippen LogP contribution in [0.15, 0.2) is 79.1 Å². The monoisotopic (exact) mass is 323 g/mol. The van der Waals surface area contributed by atoms with E-state index in [4.69, 9.17) is 11.6 Å². The number of anilines is 1. The summed E-state index contributed by atoms with van der Waals surface area (Å²) in [5, 5.41) is 3.44. The van der Waals surface area contributed by atoms with Crippen LogP contribution in [-0.4, -0.2) is 5.91 Å². The van der Waals surface area contributed by atoms with E-state index >= 15 is 0 Å². The third-order valence-electron chi connectivity index (χ3n) is 3.40. The maximum absolute atomic E-state index is 12.2. The van der Waals surface area contributed by atoms with Crippen LogP contribution in [0.3, 0.4) is 0 Å². The number of hydrogen-bond donors (Lipinski definition) is 1. The predicted octanol–water partition coefficient (Wildman–Crippen LogP) is 3.93. The van der Waals surface area contributed by atoms with E-state index in [1.54, 1.807) is 18.2 Å². The van der Waals surface area contributed by atoms with Crippen LogP contribution in [0, 0.1) is 0 Å². The van der Waals surface area contributed by atoms with Crippen molar-refractivity contribution in [3.05, 3.63) is 84.1 Å². The molecule has 114 valence electrons. The quantitative estimate of drug-likeness (QED) is 0.725.